The number of thiophene rings is 2. The highest BCUT2D eigenvalue weighted by Crippen LogP contribution is 2.28. The molecular formula is C18H15NO3S2. The zero-order chi connectivity index (χ0) is 16.9. The SMILES string of the molecule is COC(=O)c1ccc(C(=O)NC(c2ccsc2)c2cccs2)cc1. The van der Waals surface area contributed by atoms with Gasteiger partial charge in [-0.1, -0.05) is 6.07 Å². The van der Waals surface area contributed by atoms with Crippen molar-refractivity contribution >= 4 is 34.6 Å². The van der Waals surface area contributed by atoms with Gasteiger partial charge in [-0.2, -0.15) is 11.3 Å². The number of amides is 1. The van der Waals surface area contributed by atoms with Crippen LogP contribution in [-0.2, 0) is 4.74 Å². The number of nitrogens with one attached hydrogen (secondary N) is 1. The van der Waals surface area contributed by atoms with Crippen molar-refractivity contribution in [2.75, 3.05) is 7.11 Å². The van der Waals surface area contributed by atoms with Crippen LogP contribution in [-0.4, -0.2) is 19.0 Å². The first-order valence-corrected chi connectivity index (χ1v) is 9.06. The van der Waals surface area contributed by atoms with E-state index in [1.165, 1.54) is 7.11 Å². The quantitative estimate of drug-likeness (QED) is 0.699. The Bertz CT molecular complexity index is 774. The summed E-state index contributed by atoms with van der Waals surface area (Å²) in [7, 11) is 1.33. The van der Waals surface area contributed by atoms with Crippen LogP contribution in [0.3, 0.4) is 0 Å². The van der Waals surface area contributed by atoms with Gasteiger partial charge in [0.1, 0.15) is 0 Å². The van der Waals surface area contributed by atoms with Crippen molar-refractivity contribution in [2.45, 2.75) is 6.04 Å². The lowest BCUT2D eigenvalue weighted by atomic mass is 10.1. The molecule has 0 saturated carbocycles. The second kappa shape index (κ2) is 7.42. The minimum Gasteiger partial charge on any atom is -0.465 e. The normalized spacial score (nSPS) is 11.7. The van der Waals surface area contributed by atoms with E-state index in [1.807, 2.05) is 34.3 Å². The lowest BCUT2D eigenvalue weighted by Gasteiger charge is -2.16. The van der Waals surface area contributed by atoms with E-state index >= 15 is 0 Å². The summed E-state index contributed by atoms with van der Waals surface area (Å²) < 4.78 is 4.66. The van der Waals surface area contributed by atoms with Crippen LogP contribution in [0.5, 0.6) is 0 Å². The van der Waals surface area contributed by atoms with Crippen molar-refractivity contribution in [3.05, 3.63) is 80.2 Å². The average Bonchev–Trinajstić information content (AvgIpc) is 3.32. The Balaban J connectivity index is 1.80. The van der Waals surface area contributed by atoms with E-state index in [2.05, 4.69) is 10.1 Å². The summed E-state index contributed by atoms with van der Waals surface area (Å²) in [4.78, 5) is 25.1. The zero-order valence-electron chi connectivity index (χ0n) is 12.9. The van der Waals surface area contributed by atoms with Crippen LogP contribution >= 0.6 is 22.7 Å². The smallest absolute Gasteiger partial charge is 0.337 e. The van der Waals surface area contributed by atoms with Crippen molar-refractivity contribution in [3.63, 3.8) is 0 Å². The number of hydrogen-bond acceptors (Lipinski definition) is 5. The van der Waals surface area contributed by atoms with Gasteiger partial charge in [-0.25, -0.2) is 4.79 Å². The number of carbonyl (C=O) groups excluding carboxylic acids is 2. The first-order valence-electron chi connectivity index (χ1n) is 7.24. The predicted octanol–water partition coefficient (Wildman–Crippen LogP) is 4.12. The second-order valence-electron chi connectivity index (χ2n) is 5.05. The molecule has 24 heavy (non-hydrogen) atoms. The van der Waals surface area contributed by atoms with Gasteiger partial charge in [-0.15, -0.1) is 11.3 Å². The van der Waals surface area contributed by atoms with Crippen LogP contribution < -0.4 is 5.32 Å². The van der Waals surface area contributed by atoms with Crippen molar-refractivity contribution in [3.8, 4) is 0 Å². The molecule has 1 aromatic carbocycles. The predicted molar refractivity (Wildman–Crippen MR) is 95.7 cm³/mol. The number of benzene rings is 1. The highest BCUT2D eigenvalue weighted by Gasteiger charge is 2.19. The van der Waals surface area contributed by atoms with Gasteiger partial charge in [0, 0.05) is 10.4 Å². The Morgan fingerprint density at radius 2 is 1.79 bits per heavy atom. The van der Waals surface area contributed by atoms with Crippen LogP contribution in [0.15, 0.2) is 58.6 Å². The molecule has 4 nitrogen and oxygen atoms in total. The lowest BCUT2D eigenvalue weighted by Crippen LogP contribution is -2.28. The molecule has 3 rings (SSSR count). The van der Waals surface area contributed by atoms with Crippen LogP contribution in [0, 0.1) is 0 Å². The number of carbonyl (C=O) groups is 2. The molecule has 0 spiro atoms. The van der Waals surface area contributed by atoms with Gasteiger partial charge in [0.05, 0.1) is 18.7 Å². The highest BCUT2D eigenvalue weighted by molar-refractivity contribution is 7.10. The Morgan fingerprint density at radius 3 is 2.38 bits per heavy atom. The van der Waals surface area contributed by atoms with Crippen LogP contribution in [0.25, 0.3) is 0 Å². The third kappa shape index (κ3) is 3.55. The fraction of sp³-hybridized carbons (Fsp3) is 0.111. The van der Waals surface area contributed by atoms with E-state index in [-0.39, 0.29) is 11.9 Å². The summed E-state index contributed by atoms with van der Waals surface area (Å²) in [5.74, 6) is -0.604. The monoisotopic (exact) mass is 357 g/mol. The van der Waals surface area contributed by atoms with E-state index in [9.17, 15) is 9.59 Å². The maximum Gasteiger partial charge on any atom is 0.337 e. The summed E-state index contributed by atoms with van der Waals surface area (Å²) in [6, 6.07) is 12.2. The van der Waals surface area contributed by atoms with Gasteiger partial charge in [-0.3, -0.25) is 4.79 Å². The van der Waals surface area contributed by atoms with E-state index in [0.29, 0.717) is 11.1 Å². The van der Waals surface area contributed by atoms with Crippen molar-refractivity contribution in [1.29, 1.82) is 0 Å². The number of methoxy groups -OCH3 is 1. The molecule has 2 aromatic heterocycles. The number of esters is 1. The third-order valence-corrected chi connectivity index (χ3v) is 5.19. The molecule has 0 aliphatic heterocycles. The van der Waals surface area contributed by atoms with Gasteiger partial charge in [-0.05, 0) is 58.1 Å². The van der Waals surface area contributed by atoms with Gasteiger partial charge >= 0.3 is 5.97 Å². The maximum atomic E-state index is 12.6. The molecule has 0 aliphatic carbocycles. The lowest BCUT2D eigenvalue weighted by molar-refractivity contribution is 0.0600. The second-order valence-corrected chi connectivity index (χ2v) is 6.81. The van der Waals surface area contributed by atoms with Gasteiger partial charge < -0.3 is 10.1 Å². The minimum absolute atomic E-state index is 0.177. The highest BCUT2D eigenvalue weighted by atomic mass is 32.1. The molecule has 0 fully saturated rings. The molecule has 122 valence electrons. The first kappa shape index (κ1) is 16.4. The van der Waals surface area contributed by atoms with Gasteiger partial charge in [0.15, 0.2) is 0 Å². The molecule has 6 heteroatoms. The van der Waals surface area contributed by atoms with E-state index in [0.717, 1.165) is 10.4 Å². The fourth-order valence-electron chi connectivity index (χ4n) is 2.30. The molecule has 0 aliphatic rings. The maximum absolute atomic E-state index is 12.6. The Morgan fingerprint density at radius 1 is 1.04 bits per heavy atom. The first-order chi connectivity index (χ1) is 11.7. The number of hydrogen-bond donors (Lipinski definition) is 1. The van der Waals surface area contributed by atoms with Crippen LogP contribution in [0.4, 0.5) is 0 Å². The molecule has 2 heterocycles. The fourth-order valence-corrected chi connectivity index (χ4v) is 3.79. The van der Waals surface area contributed by atoms with Crippen molar-refractivity contribution in [2.24, 2.45) is 0 Å². The van der Waals surface area contributed by atoms with E-state index in [1.54, 1.807) is 46.9 Å². The average molecular weight is 357 g/mol. The number of ether oxygens (including phenoxy) is 1. The molecule has 1 unspecified atom stereocenters. The van der Waals surface area contributed by atoms with E-state index in [4.69, 9.17) is 0 Å². The summed E-state index contributed by atoms with van der Waals surface area (Å²) in [6.07, 6.45) is 0. The van der Waals surface area contributed by atoms with Crippen LogP contribution in [0.2, 0.25) is 0 Å². The summed E-state index contributed by atoms with van der Waals surface area (Å²) in [6.45, 7) is 0. The van der Waals surface area contributed by atoms with Gasteiger partial charge in [0.2, 0.25) is 0 Å². The largest absolute Gasteiger partial charge is 0.465 e. The molecule has 1 amide bonds. The van der Waals surface area contributed by atoms with E-state index < -0.39 is 5.97 Å². The Kier molecular flexibility index (Phi) is 5.08. The minimum atomic E-state index is -0.420. The molecule has 0 saturated heterocycles. The Hall–Kier alpha value is -2.44. The van der Waals surface area contributed by atoms with Gasteiger partial charge in [0.25, 0.3) is 5.91 Å². The van der Waals surface area contributed by atoms with Crippen molar-refractivity contribution < 1.29 is 14.3 Å². The Labute approximate surface area is 147 Å². The molecule has 0 bridgehead atoms. The third-order valence-electron chi connectivity index (χ3n) is 3.55. The zero-order valence-corrected chi connectivity index (χ0v) is 14.5. The summed E-state index contributed by atoms with van der Waals surface area (Å²) in [5, 5.41) is 9.08. The number of rotatable bonds is 5. The molecule has 0 radical (unpaired) electrons. The summed E-state index contributed by atoms with van der Waals surface area (Å²) >= 11 is 3.20. The molecule has 3 aromatic rings. The molecular weight excluding hydrogens is 342 g/mol. The van der Waals surface area contributed by atoms with Crippen LogP contribution in [0.1, 0.15) is 37.2 Å². The molecule has 1 atom stereocenters. The summed E-state index contributed by atoms with van der Waals surface area (Å²) in [5.41, 5.74) is 1.98. The van der Waals surface area contributed by atoms with Crippen molar-refractivity contribution in [1.82, 2.24) is 5.32 Å². The topological polar surface area (TPSA) is 55.4 Å². The molecule has 1 N–H and O–H groups in total. The standard InChI is InChI=1S/C18H15NO3S2/c1-22-18(21)13-6-4-12(5-7-13)17(20)19-16(14-8-10-23-11-14)15-3-2-9-24-15/h2-11,16H,1H3,(H,19,20).